The summed E-state index contributed by atoms with van der Waals surface area (Å²) in [5, 5.41) is 8.48. The number of imidazole rings is 1. The molecule has 13 heavy (non-hydrogen) atoms. The van der Waals surface area contributed by atoms with Gasteiger partial charge in [0.05, 0.1) is 12.1 Å². The van der Waals surface area contributed by atoms with Crippen LogP contribution >= 0.6 is 0 Å². The zero-order valence-electron chi connectivity index (χ0n) is 7.34. The zero-order chi connectivity index (χ0) is 9.26. The van der Waals surface area contributed by atoms with Crippen molar-refractivity contribution in [1.29, 1.82) is 0 Å². The van der Waals surface area contributed by atoms with E-state index in [-0.39, 0.29) is 6.42 Å². The van der Waals surface area contributed by atoms with Gasteiger partial charge in [0.2, 0.25) is 0 Å². The Morgan fingerprint density at radius 3 is 3.08 bits per heavy atom. The van der Waals surface area contributed by atoms with Crippen molar-refractivity contribution in [3.63, 3.8) is 0 Å². The number of hydrogen-bond donors (Lipinski definition) is 2. The second-order valence-corrected chi connectivity index (χ2v) is 3.36. The molecule has 1 heterocycles. The molecule has 0 saturated carbocycles. The topological polar surface area (TPSA) is 66.0 Å². The van der Waals surface area contributed by atoms with Crippen LogP contribution < -0.4 is 0 Å². The average molecular weight is 180 g/mol. The van der Waals surface area contributed by atoms with Crippen LogP contribution in [0, 0.1) is 0 Å². The highest BCUT2D eigenvalue weighted by Gasteiger charge is 2.15. The van der Waals surface area contributed by atoms with Gasteiger partial charge in [0, 0.05) is 12.1 Å². The van der Waals surface area contributed by atoms with Crippen LogP contribution in [0.3, 0.4) is 0 Å². The summed E-state index contributed by atoms with van der Waals surface area (Å²) in [6, 6.07) is 0. The van der Waals surface area contributed by atoms with E-state index < -0.39 is 5.97 Å². The molecule has 0 amide bonds. The van der Waals surface area contributed by atoms with Crippen LogP contribution in [0.2, 0.25) is 0 Å². The first kappa shape index (κ1) is 8.29. The number of aromatic nitrogens is 2. The number of carboxylic acid groups (broad SMARTS) is 1. The molecule has 0 saturated heterocycles. The van der Waals surface area contributed by atoms with E-state index in [1.807, 2.05) is 0 Å². The van der Waals surface area contributed by atoms with Crippen molar-refractivity contribution < 1.29 is 9.90 Å². The minimum atomic E-state index is -0.767. The number of hydrogen-bond acceptors (Lipinski definition) is 2. The fourth-order valence-electron chi connectivity index (χ4n) is 1.69. The number of nitrogens with zero attached hydrogens (tertiary/aromatic N) is 1. The van der Waals surface area contributed by atoms with Gasteiger partial charge < -0.3 is 10.1 Å². The highest BCUT2D eigenvalue weighted by atomic mass is 16.4. The molecule has 2 rings (SSSR count). The molecule has 0 aromatic carbocycles. The molecule has 4 heteroatoms. The SMILES string of the molecule is O=C(O)CCc1nc2c([nH]1)CCC2. The van der Waals surface area contributed by atoms with Crippen molar-refractivity contribution in [3.05, 3.63) is 17.2 Å². The predicted molar refractivity (Wildman–Crippen MR) is 46.6 cm³/mol. The molecule has 70 valence electrons. The van der Waals surface area contributed by atoms with Crippen molar-refractivity contribution in [2.45, 2.75) is 32.1 Å². The highest BCUT2D eigenvalue weighted by molar-refractivity contribution is 5.66. The van der Waals surface area contributed by atoms with E-state index in [4.69, 9.17) is 5.11 Å². The minimum Gasteiger partial charge on any atom is -0.481 e. The van der Waals surface area contributed by atoms with Crippen molar-refractivity contribution in [1.82, 2.24) is 9.97 Å². The van der Waals surface area contributed by atoms with Crippen LogP contribution in [0.1, 0.15) is 30.1 Å². The van der Waals surface area contributed by atoms with Crippen LogP contribution in [-0.4, -0.2) is 21.0 Å². The Kier molecular flexibility index (Phi) is 2.04. The van der Waals surface area contributed by atoms with Crippen LogP contribution in [0.5, 0.6) is 0 Å². The Morgan fingerprint density at radius 2 is 2.38 bits per heavy atom. The molecule has 4 nitrogen and oxygen atoms in total. The number of nitrogens with one attached hydrogen (secondary N) is 1. The van der Waals surface area contributed by atoms with Crippen molar-refractivity contribution in [2.75, 3.05) is 0 Å². The molecule has 0 fully saturated rings. The van der Waals surface area contributed by atoms with Crippen LogP contribution in [-0.2, 0) is 24.1 Å². The van der Waals surface area contributed by atoms with E-state index in [1.54, 1.807) is 0 Å². The van der Waals surface area contributed by atoms with Crippen molar-refractivity contribution >= 4 is 5.97 Å². The van der Waals surface area contributed by atoms with Gasteiger partial charge >= 0.3 is 5.97 Å². The Bertz CT molecular complexity index is 309. The second-order valence-electron chi connectivity index (χ2n) is 3.36. The largest absolute Gasteiger partial charge is 0.481 e. The maximum atomic E-state index is 10.3. The maximum Gasteiger partial charge on any atom is 0.303 e. The summed E-state index contributed by atoms with van der Waals surface area (Å²) in [5.41, 5.74) is 2.35. The van der Waals surface area contributed by atoms with E-state index in [0.717, 1.165) is 24.4 Å². The molecular formula is C9H12N2O2. The van der Waals surface area contributed by atoms with E-state index in [9.17, 15) is 4.79 Å². The van der Waals surface area contributed by atoms with Gasteiger partial charge in [0.15, 0.2) is 0 Å². The first-order valence-electron chi connectivity index (χ1n) is 4.54. The minimum absolute atomic E-state index is 0.159. The van der Waals surface area contributed by atoms with Gasteiger partial charge in [0.25, 0.3) is 0 Å². The molecule has 0 aliphatic heterocycles. The zero-order valence-corrected chi connectivity index (χ0v) is 7.34. The fourth-order valence-corrected chi connectivity index (χ4v) is 1.69. The summed E-state index contributed by atoms with van der Waals surface area (Å²) in [6.45, 7) is 0. The molecular weight excluding hydrogens is 168 g/mol. The van der Waals surface area contributed by atoms with Crippen molar-refractivity contribution in [3.8, 4) is 0 Å². The van der Waals surface area contributed by atoms with Gasteiger partial charge in [-0.3, -0.25) is 4.79 Å². The number of aliphatic carboxylic acids is 1. The quantitative estimate of drug-likeness (QED) is 0.726. The first-order valence-corrected chi connectivity index (χ1v) is 4.54. The number of aryl methyl sites for hydroxylation is 3. The lowest BCUT2D eigenvalue weighted by Crippen LogP contribution is -1.99. The normalized spacial score (nSPS) is 14.5. The van der Waals surface area contributed by atoms with Crippen molar-refractivity contribution in [2.24, 2.45) is 0 Å². The Balaban J connectivity index is 2.02. The van der Waals surface area contributed by atoms with Gasteiger partial charge in [-0.15, -0.1) is 0 Å². The Morgan fingerprint density at radius 1 is 1.54 bits per heavy atom. The van der Waals surface area contributed by atoms with E-state index in [1.165, 1.54) is 12.1 Å². The number of H-pyrrole nitrogens is 1. The summed E-state index contributed by atoms with van der Waals surface area (Å²) in [7, 11) is 0. The predicted octanol–water partition coefficient (Wildman–Crippen LogP) is 0.916. The maximum absolute atomic E-state index is 10.3. The molecule has 0 unspecified atom stereocenters. The standard InChI is InChI=1S/C9H12N2O2/c12-9(13)5-4-8-10-6-2-1-3-7(6)11-8/h1-5H2,(H,10,11)(H,12,13). The molecule has 1 aromatic heterocycles. The van der Waals surface area contributed by atoms with Crippen LogP contribution in [0.25, 0.3) is 0 Å². The van der Waals surface area contributed by atoms with E-state index in [0.29, 0.717) is 6.42 Å². The molecule has 0 radical (unpaired) electrons. The summed E-state index contributed by atoms with van der Waals surface area (Å²) in [4.78, 5) is 17.8. The highest BCUT2D eigenvalue weighted by Crippen LogP contribution is 2.19. The molecule has 0 spiro atoms. The number of carboxylic acids is 1. The summed E-state index contributed by atoms with van der Waals surface area (Å²) in [5.74, 6) is 0.0589. The third kappa shape index (κ3) is 1.71. The summed E-state index contributed by atoms with van der Waals surface area (Å²) >= 11 is 0. The Hall–Kier alpha value is -1.32. The number of rotatable bonds is 3. The molecule has 1 aliphatic carbocycles. The van der Waals surface area contributed by atoms with Gasteiger partial charge in [-0.25, -0.2) is 4.98 Å². The van der Waals surface area contributed by atoms with E-state index >= 15 is 0 Å². The number of fused-ring (bicyclic) bond motifs is 1. The third-order valence-corrected chi connectivity index (χ3v) is 2.33. The molecule has 1 aromatic rings. The average Bonchev–Trinajstić information content (AvgIpc) is 2.58. The summed E-state index contributed by atoms with van der Waals surface area (Å²) < 4.78 is 0. The third-order valence-electron chi connectivity index (χ3n) is 2.33. The fraction of sp³-hybridized carbons (Fsp3) is 0.556. The van der Waals surface area contributed by atoms with Crippen LogP contribution in [0.4, 0.5) is 0 Å². The van der Waals surface area contributed by atoms with Gasteiger partial charge in [0.1, 0.15) is 5.82 Å². The monoisotopic (exact) mass is 180 g/mol. The Labute approximate surface area is 76.0 Å². The molecule has 2 N–H and O–H groups in total. The lowest BCUT2D eigenvalue weighted by molar-refractivity contribution is -0.137. The number of aromatic amines is 1. The van der Waals surface area contributed by atoms with Gasteiger partial charge in [-0.1, -0.05) is 0 Å². The van der Waals surface area contributed by atoms with Gasteiger partial charge in [-0.05, 0) is 19.3 Å². The van der Waals surface area contributed by atoms with E-state index in [2.05, 4.69) is 9.97 Å². The second kappa shape index (κ2) is 3.20. The molecule has 1 aliphatic rings. The molecule has 0 atom stereocenters. The number of carbonyl (C=O) groups is 1. The van der Waals surface area contributed by atoms with Crippen LogP contribution in [0.15, 0.2) is 0 Å². The first-order chi connectivity index (χ1) is 6.25. The summed E-state index contributed by atoms with van der Waals surface area (Å²) in [6.07, 6.45) is 3.95. The van der Waals surface area contributed by atoms with Gasteiger partial charge in [-0.2, -0.15) is 0 Å². The lowest BCUT2D eigenvalue weighted by Gasteiger charge is -1.92. The lowest BCUT2D eigenvalue weighted by atomic mass is 10.3. The molecule has 0 bridgehead atoms. The smallest absolute Gasteiger partial charge is 0.303 e.